The van der Waals surface area contributed by atoms with Crippen molar-refractivity contribution in [1.82, 2.24) is 14.5 Å². The Kier molecular flexibility index (Phi) is 2.92. The first-order valence-electron chi connectivity index (χ1n) is 5.18. The summed E-state index contributed by atoms with van der Waals surface area (Å²) < 4.78 is 25.3. The lowest BCUT2D eigenvalue weighted by atomic mass is 10.0. The molecule has 0 aromatic carbocycles. The molecule has 1 aromatic rings. The van der Waals surface area contributed by atoms with Gasteiger partial charge in [-0.2, -0.15) is 9.40 Å². The van der Waals surface area contributed by atoms with Crippen LogP contribution in [0.1, 0.15) is 13.3 Å². The van der Waals surface area contributed by atoms with Crippen molar-refractivity contribution in [2.75, 3.05) is 6.54 Å². The van der Waals surface area contributed by atoms with Gasteiger partial charge in [0.1, 0.15) is 10.9 Å². The quantitative estimate of drug-likeness (QED) is 0.788. The van der Waals surface area contributed by atoms with Crippen molar-refractivity contribution in [3.8, 4) is 0 Å². The number of carbonyl (C=O) groups is 1. The van der Waals surface area contributed by atoms with E-state index in [4.69, 9.17) is 5.11 Å². The fraction of sp³-hybridized carbons (Fsp3) is 0.556. The highest BCUT2D eigenvalue weighted by molar-refractivity contribution is 7.89. The van der Waals surface area contributed by atoms with Gasteiger partial charge in [-0.3, -0.25) is 9.89 Å². The van der Waals surface area contributed by atoms with Crippen molar-refractivity contribution in [3.05, 3.63) is 12.4 Å². The van der Waals surface area contributed by atoms with Gasteiger partial charge in [0.05, 0.1) is 6.20 Å². The van der Waals surface area contributed by atoms with Gasteiger partial charge in [-0.1, -0.05) is 6.92 Å². The van der Waals surface area contributed by atoms with Crippen LogP contribution in [0.25, 0.3) is 0 Å². The van der Waals surface area contributed by atoms with Gasteiger partial charge >= 0.3 is 5.97 Å². The third-order valence-corrected chi connectivity index (χ3v) is 4.83. The van der Waals surface area contributed by atoms with Crippen LogP contribution in [-0.4, -0.2) is 46.6 Å². The zero-order valence-electron chi connectivity index (χ0n) is 9.20. The van der Waals surface area contributed by atoms with Gasteiger partial charge in [0.25, 0.3) is 0 Å². The number of hydrogen-bond donors (Lipinski definition) is 2. The minimum Gasteiger partial charge on any atom is -0.480 e. The molecule has 1 aliphatic rings. The van der Waals surface area contributed by atoms with Crippen molar-refractivity contribution in [2.45, 2.75) is 24.3 Å². The van der Waals surface area contributed by atoms with Crippen molar-refractivity contribution >= 4 is 16.0 Å². The zero-order valence-corrected chi connectivity index (χ0v) is 10.0. The van der Waals surface area contributed by atoms with E-state index in [1.54, 1.807) is 6.92 Å². The number of carboxylic acid groups (broad SMARTS) is 1. The molecule has 2 atom stereocenters. The Hall–Kier alpha value is -1.41. The second-order valence-corrected chi connectivity index (χ2v) is 5.99. The summed E-state index contributed by atoms with van der Waals surface area (Å²) >= 11 is 0. The second kappa shape index (κ2) is 4.11. The zero-order chi connectivity index (χ0) is 12.6. The van der Waals surface area contributed by atoms with Gasteiger partial charge in [-0.15, -0.1) is 0 Å². The number of H-pyrrole nitrogens is 1. The van der Waals surface area contributed by atoms with E-state index in [1.165, 1.54) is 12.4 Å². The van der Waals surface area contributed by atoms with Crippen LogP contribution in [0.3, 0.4) is 0 Å². The molecule has 94 valence electrons. The maximum atomic E-state index is 12.2. The molecule has 2 unspecified atom stereocenters. The molecular formula is C9H13N3O4S. The minimum absolute atomic E-state index is 0.00199. The second-order valence-electron chi connectivity index (χ2n) is 4.10. The number of sulfonamides is 1. The summed E-state index contributed by atoms with van der Waals surface area (Å²) in [7, 11) is -3.76. The lowest BCUT2D eigenvalue weighted by molar-refractivity contribution is -0.141. The predicted molar refractivity (Wildman–Crippen MR) is 57.7 cm³/mol. The van der Waals surface area contributed by atoms with Gasteiger partial charge in [0, 0.05) is 12.7 Å². The Morgan fingerprint density at radius 2 is 2.35 bits per heavy atom. The summed E-state index contributed by atoms with van der Waals surface area (Å²) in [4.78, 5) is 11.1. The molecule has 1 fully saturated rings. The smallest absolute Gasteiger partial charge is 0.322 e. The Balaban J connectivity index is 2.38. The average Bonchev–Trinajstić information content (AvgIpc) is 2.84. The number of nitrogens with zero attached hydrogens (tertiary/aromatic N) is 2. The number of carboxylic acids is 1. The molecule has 0 bridgehead atoms. The van der Waals surface area contributed by atoms with Crippen LogP contribution in [-0.2, 0) is 14.8 Å². The van der Waals surface area contributed by atoms with Gasteiger partial charge in [0.2, 0.25) is 10.0 Å². The molecule has 2 N–H and O–H groups in total. The molecule has 2 rings (SSSR count). The van der Waals surface area contributed by atoms with Gasteiger partial charge < -0.3 is 5.11 Å². The molecule has 1 saturated heterocycles. The Bertz CT molecular complexity index is 510. The number of hydrogen-bond acceptors (Lipinski definition) is 4. The summed E-state index contributed by atoms with van der Waals surface area (Å²) in [6.07, 6.45) is 2.97. The van der Waals surface area contributed by atoms with Gasteiger partial charge in [-0.05, 0) is 12.3 Å². The molecule has 7 nitrogen and oxygen atoms in total. The average molecular weight is 259 g/mol. The number of aliphatic carboxylic acids is 1. The highest BCUT2D eigenvalue weighted by Crippen LogP contribution is 2.29. The van der Waals surface area contributed by atoms with Crippen LogP contribution in [0.15, 0.2) is 17.3 Å². The van der Waals surface area contributed by atoms with Crippen LogP contribution in [0.5, 0.6) is 0 Å². The fourth-order valence-corrected chi connectivity index (χ4v) is 3.66. The van der Waals surface area contributed by atoms with Gasteiger partial charge in [0.15, 0.2) is 0 Å². The number of nitrogens with one attached hydrogen (secondary N) is 1. The molecule has 17 heavy (non-hydrogen) atoms. The molecule has 0 saturated carbocycles. The van der Waals surface area contributed by atoms with E-state index in [1.807, 2.05) is 0 Å². The molecule has 2 heterocycles. The van der Waals surface area contributed by atoms with Crippen molar-refractivity contribution in [3.63, 3.8) is 0 Å². The monoisotopic (exact) mass is 259 g/mol. The summed E-state index contributed by atoms with van der Waals surface area (Å²) in [5, 5.41) is 15.1. The first-order chi connectivity index (χ1) is 7.94. The first kappa shape index (κ1) is 12.1. The lowest BCUT2D eigenvalue weighted by Gasteiger charge is -2.21. The maximum Gasteiger partial charge on any atom is 0.322 e. The van der Waals surface area contributed by atoms with E-state index in [0.717, 1.165) is 4.31 Å². The number of rotatable bonds is 3. The summed E-state index contributed by atoms with van der Waals surface area (Å²) in [5.74, 6) is -1.30. The SMILES string of the molecule is CC1CCN(S(=O)(=O)c2cn[nH]c2)C1C(=O)O. The van der Waals surface area contributed by atoms with Crippen molar-refractivity contribution in [1.29, 1.82) is 0 Å². The van der Waals surface area contributed by atoms with E-state index < -0.39 is 22.0 Å². The van der Waals surface area contributed by atoms with Crippen molar-refractivity contribution in [2.24, 2.45) is 5.92 Å². The van der Waals surface area contributed by atoms with E-state index in [-0.39, 0.29) is 17.4 Å². The predicted octanol–water partition coefficient (Wildman–Crippen LogP) is -0.107. The molecule has 1 aromatic heterocycles. The van der Waals surface area contributed by atoms with Crippen molar-refractivity contribution < 1.29 is 18.3 Å². The van der Waals surface area contributed by atoms with E-state index in [2.05, 4.69) is 10.2 Å². The number of aromatic amines is 1. The van der Waals surface area contributed by atoms with E-state index >= 15 is 0 Å². The third-order valence-electron chi connectivity index (χ3n) is 2.99. The minimum atomic E-state index is -3.76. The summed E-state index contributed by atoms with van der Waals surface area (Å²) in [6, 6.07) is -0.991. The molecule has 0 amide bonds. The Morgan fingerprint density at radius 1 is 1.65 bits per heavy atom. The Labute approximate surface area is 98.5 Å². The maximum absolute atomic E-state index is 12.2. The largest absolute Gasteiger partial charge is 0.480 e. The Morgan fingerprint density at radius 3 is 2.88 bits per heavy atom. The lowest BCUT2D eigenvalue weighted by Crippen LogP contribution is -2.42. The molecule has 0 radical (unpaired) electrons. The summed E-state index contributed by atoms with van der Waals surface area (Å²) in [6.45, 7) is 1.97. The topological polar surface area (TPSA) is 103 Å². The van der Waals surface area contributed by atoms with E-state index in [9.17, 15) is 13.2 Å². The molecule has 1 aliphatic heterocycles. The molecular weight excluding hydrogens is 246 g/mol. The third kappa shape index (κ3) is 1.93. The molecule has 0 spiro atoms. The first-order valence-corrected chi connectivity index (χ1v) is 6.62. The normalized spacial score (nSPS) is 26.2. The van der Waals surface area contributed by atoms with Crippen LogP contribution in [0.2, 0.25) is 0 Å². The number of aromatic nitrogens is 2. The highest BCUT2D eigenvalue weighted by Gasteiger charge is 2.44. The van der Waals surface area contributed by atoms with E-state index in [0.29, 0.717) is 6.42 Å². The molecule has 0 aliphatic carbocycles. The van der Waals surface area contributed by atoms with Crippen LogP contribution < -0.4 is 0 Å². The van der Waals surface area contributed by atoms with Crippen LogP contribution in [0.4, 0.5) is 0 Å². The summed E-state index contributed by atoms with van der Waals surface area (Å²) in [5.41, 5.74) is 0. The van der Waals surface area contributed by atoms with Crippen LogP contribution >= 0.6 is 0 Å². The highest BCUT2D eigenvalue weighted by atomic mass is 32.2. The standard InChI is InChI=1S/C9H13N3O4S/c1-6-2-3-12(8(6)9(13)14)17(15,16)7-4-10-11-5-7/h4-6,8H,2-3H2,1H3,(H,10,11)(H,13,14). The molecule has 8 heteroatoms. The van der Waals surface area contributed by atoms with Crippen LogP contribution in [0, 0.1) is 5.92 Å². The fourth-order valence-electron chi connectivity index (χ4n) is 2.06. The van der Waals surface area contributed by atoms with Gasteiger partial charge in [-0.25, -0.2) is 8.42 Å².